The smallest absolute Gasteiger partial charge is 0.264 e. The highest BCUT2D eigenvalue weighted by molar-refractivity contribution is 7.92. The Morgan fingerprint density at radius 3 is 2.13 bits per heavy atom. The highest BCUT2D eigenvalue weighted by atomic mass is 35.5. The zero-order chi connectivity index (χ0) is 34.1. The second-order valence-corrected chi connectivity index (χ2v) is 14.0. The van der Waals surface area contributed by atoms with Crippen molar-refractivity contribution in [2.75, 3.05) is 18.0 Å². The minimum atomic E-state index is -4.34. The van der Waals surface area contributed by atoms with Gasteiger partial charge in [0.15, 0.2) is 0 Å². The Labute approximate surface area is 291 Å². The number of rotatable bonds is 14. The van der Waals surface area contributed by atoms with Crippen molar-refractivity contribution in [2.45, 2.75) is 50.2 Å². The SMILES string of the molecule is CC[C@@H](C)NC(=O)[C@@H](Cc1ccccc1)N(Cc1ccc(Cl)c(Cl)c1)C(=O)CN(c1cc(Cl)ccc1OC)S(=O)(=O)c1ccccc1. The molecule has 8 nitrogen and oxygen atoms in total. The molecule has 47 heavy (non-hydrogen) atoms. The van der Waals surface area contributed by atoms with Gasteiger partial charge in [-0.2, -0.15) is 0 Å². The molecule has 4 rings (SSSR count). The van der Waals surface area contributed by atoms with Crippen molar-refractivity contribution in [3.63, 3.8) is 0 Å². The van der Waals surface area contributed by atoms with E-state index in [1.165, 1.54) is 36.3 Å². The molecule has 248 valence electrons. The van der Waals surface area contributed by atoms with Crippen LogP contribution in [0.2, 0.25) is 15.1 Å². The number of methoxy groups -OCH3 is 1. The van der Waals surface area contributed by atoms with Gasteiger partial charge in [0, 0.05) is 24.0 Å². The van der Waals surface area contributed by atoms with Crippen molar-refractivity contribution in [3.05, 3.63) is 123 Å². The first-order chi connectivity index (χ1) is 22.4. The monoisotopic (exact) mass is 715 g/mol. The molecule has 2 atom stereocenters. The predicted octanol–water partition coefficient (Wildman–Crippen LogP) is 7.41. The Bertz CT molecular complexity index is 1790. The van der Waals surface area contributed by atoms with Gasteiger partial charge in [-0.05, 0) is 66.9 Å². The van der Waals surface area contributed by atoms with Gasteiger partial charge in [0.1, 0.15) is 18.3 Å². The van der Waals surface area contributed by atoms with Crippen LogP contribution in [0.5, 0.6) is 5.75 Å². The maximum atomic E-state index is 14.6. The first kappa shape index (κ1) is 36.1. The number of carbonyl (C=O) groups excluding carboxylic acids is 2. The number of carbonyl (C=O) groups is 2. The lowest BCUT2D eigenvalue weighted by molar-refractivity contribution is -0.140. The molecule has 0 radical (unpaired) electrons. The molecule has 0 bridgehead atoms. The number of hydrogen-bond acceptors (Lipinski definition) is 5. The zero-order valence-corrected chi connectivity index (χ0v) is 29.3. The van der Waals surface area contributed by atoms with Crippen LogP contribution in [-0.2, 0) is 32.6 Å². The maximum absolute atomic E-state index is 14.6. The van der Waals surface area contributed by atoms with Crippen molar-refractivity contribution in [3.8, 4) is 5.75 Å². The molecular weight excluding hydrogens is 681 g/mol. The third-order valence-corrected chi connectivity index (χ3v) is 10.4. The fourth-order valence-corrected chi connectivity index (χ4v) is 6.85. The number of nitrogens with zero attached hydrogens (tertiary/aromatic N) is 2. The van der Waals surface area contributed by atoms with Crippen molar-refractivity contribution in [1.29, 1.82) is 0 Å². The van der Waals surface area contributed by atoms with Crippen LogP contribution in [0.4, 0.5) is 5.69 Å². The third-order valence-electron chi connectivity index (χ3n) is 7.63. The quantitative estimate of drug-likeness (QED) is 0.147. The van der Waals surface area contributed by atoms with Gasteiger partial charge in [-0.3, -0.25) is 13.9 Å². The van der Waals surface area contributed by atoms with Crippen molar-refractivity contribution < 1.29 is 22.7 Å². The van der Waals surface area contributed by atoms with E-state index in [2.05, 4.69) is 5.32 Å². The molecule has 0 aliphatic rings. The maximum Gasteiger partial charge on any atom is 0.264 e. The minimum absolute atomic E-state index is 0.0405. The van der Waals surface area contributed by atoms with Crippen LogP contribution < -0.4 is 14.4 Å². The number of sulfonamides is 1. The van der Waals surface area contributed by atoms with E-state index in [-0.39, 0.29) is 51.3 Å². The molecule has 2 amide bonds. The lowest BCUT2D eigenvalue weighted by Gasteiger charge is -2.34. The number of benzene rings is 4. The average Bonchev–Trinajstić information content (AvgIpc) is 3.07. The average molecular weight is 717 g/mol. The van der Waals surface area contributed by atoms with Gasteiger partial charge in [-0.25, -0.2) is 8.42 Å². The molecule has 0 aliphatic carbocycles. The van der Waals surface area contributed by atoms with Crippen LogP contribution in [-0.4, -0.2) is 50.9 Å². The van der Waals surface area contributed by atoms with E-state index in [4.69, 9.17) is 39.5 Å². The van der Waals surface area contributed by atoms with Crippen LogP contribution in [0, 0.1) is 0 Å². The summed E-state index contributed by atoms with van der Waals surface area (Å²) in [6.07, 6.45) is 0.838. The van der Waals surface area contributed by atoms with E-state index in [0.717, 1.165) is 9.87 Å². The van der Waals surface area contributed by atoms with Gasteiger partial charge in [0.05, 0.1) is 27.7 Å². The molecule has 4 aromatic carbocycles. The summed E-state index contributed by atoms with van der Waals surface area (Å²) in [6, 6.07) is 25.3. The van der Waals surface area contributed by atoms with E-state index in [9.17, 15) is 18.0 Å². The molecule has 0 heterocycles. The number of ether oxygens (including phenoxy) is 1. The topological polar surface area (TPSA) is 96.0 Å². The molecule has 0 aliphatic heterocycles. The summed E-state index contributed by atoms with van der Waals surface area (Å²) in [5, 5.41) is 3.85. The fourth-order valence-electron chi connectivity index (χ4n) is 4.92. The van der Waals surface area contributed by atoms with Gasteiger partial charge < -0.3 is 15.0 Å². The minimum Gasteiger partial charge on any atom is -0.495 e. The molecule has 0 saturated heterocycles. The molecular formula is C35H36Cl3N3O5S. The molecule has 12 heteroatoms. The van der Waals surface area contributed by atoms with Gasteiger partial charge in [0.2, 0.25) is 11.8 Å². The summed E-state index contributed by atoms with van der Waals surface area (Å²) >= 11 is 18.9. The number of halogens is 3. The second kappa shape index (κ2) is 16.4. The first-order valence-corrected chi connectivity index (χ1v) is 17.5. The van der Waals surface area contributed by atoms with Gasteiger partial charge >= 0.3 is 0 Å². The van der Waals surface area contributed by atoms with Crippen LogP contribution in [0.1, 0.15) is 31.4 Å². The van der Waals surface area contributed by atoms with Crippen LogP contribution in [0.15, 0.2) is 102 Å². The van der Waals surface area contributed by atoms with Crippen LogP contribution in [0.3, 0.4) is 0 Å². The van der Waals surface area contributed by atoms with E-state index in [1.807, 2.05) is 44.2 Å². The lowest BCUT2D eigenvalue weighted by atomic mass is 10.0. The summed E-state index contributed by atoms with van der Waals surface area (Å²) in [7, 11) is -2.94. The Balaban J connectivity index is 1.86. The highest BCUT2D eigenvalue weighted by Crippen LogP contribution is 2.35. The summed E-state index contributed by atoms with van der Waals surface area (Å²) in [6.45, 7) is 3.09. The Hall–Kier alpha value is -3.76. The van der Waals surface area contributed by atoms with Crippen molar-refractivity contribution in [1.82, 2.24) is 10.2 Å². The Morgan fingerprint density at radius 2 is 1.51 bits per heavy atom. The fraction of sp³-hybridized carbons (Fsp3) is 0.257. The van der Waals surface area contributed by atoms with E-state index < -0.39 is 28.5 Å². The summed E-state index contributed by atoms with van der Waals surface area (Å²) < 4.78 is 34.9. The van der Waals surface area contributed by atoms with Gasteiger partial charge in [-0.15, -0.1) is 0 Å². The zero-order valence-electron chi connectivity index (χ0n) is 26.2. The molecule has 0 aromatic heterocycles. The Kier molecular flexibility index (Phi) is 12.6. The van der Waals surface area contributed by atoms with Crippen LogP contribution >= 0.6 is 34.8 Å². The normalized spacial score (nSPS) is 12.6. The van der Waals surface area contributed by atoms with Gasteiger partial charge in [-0.1, -0.05) is 96.3 Å². The third kappa shape index (κ3) is 9.20. The molecule has 1 N–H and O–H groups in total. The van der Waals surface area contributed by atoms with Crippen LogP contribution in [0.25, 0.3) is 0 Å². The summed E-state index contributed by atoms with van der Waals surface area (Å²) in [5.41, 5.74) is 1.48. The van der Waals surface area contributed by atoms with E-state index in [0.29, 0.717) is 17.0 Å². The molecule has 0 unspecified atom stereocenters. The van der Waals surface area contributed by atoms with E-state index in [1.54, 1.807) is 42.5 Å². The molecule has 0 saturated carbocycles. The molecule has 0 fully saturated rings. The highest BCUT2D eigenvalue weighted by Gasteiger charge is 2.36. The van der Waals surface area contributed by atoms with Gasteiger partial charge in [0.25, 0.3) is 10.0 Å². The van der Waals surface area contributed by atoms with E-state index >= 15 is 0 Å². The number of amides is 2. The van der Waals surface area contributed by atoms with Crippen molar-refractivity contribution in [2.24, 2.45) is 0 Å². The number of nitrogens with one attached hydrogen (secondary N) is 1. The van der Waals surface area contributed by atoms with Crippen molar-refractivity contribution >= 4 is 62.3 Å². The number of hydrogen-bond donors (Lipinski definition) is 1. The first-order valence-electron chi connectivity index (χ1n) is 14.9. The summed E-state index contributed by atoms with van der Waals surface area (Å²) in [5.74, 6) is -0.833. The predicted molar refractivity (Wildman–Crippen MR) is 188 cm³/mol. The second-order valence-electron chi connectivity index (χ2n) is 10.9. The lowest BCUT2D eigenvalue weighted by Crippen LogP contribution is -2.54. The largest absolute Gasteiger partial charge is 0.495 e. The molecule has 0 spiro atoms. The molecule has 4 aromatic rings. The Morgan fingerprint density at radius 1 is 0.851 bits per heavy atom. The number of anilines is 1. The standard InChI is InChI=1S/C35H36Cl3N3O5S/c1-4-24(2)39-35(43)32(20-25-11-7-5-8-12-25)40(22-26-15-17-29(37)30(38)19-26)34(42)23-41(31-21-27(36)16-18-33(31)46-3)47(44,45)28-13-9-6-10-14-28/h5-19,21,24,32H,4,20,22-23H2,1-3H3,(H,39,43)/t24-,32-/m1/s1. The summed E-state index contributed by atoms with van der Waals surface area (Å²) in [4.78, 5) is 30.0.